The van der Waals surface area contributed by atoms with E-state index in [-0.39, 0.29) is 11.4 Å². The standard InChI is InChI=1S/C15H20N2O2/c16-15(12-6-7-12)10-17(11-15)14(18)8-9-19-13-4-2-1-3-5-13/h1-5,12H,6-11,16H2. The topological polar surface area (TPSA) is 55.6 Å². The molecule has 19 heavy (non-hydrogen) atoms. The van der Waals surface area contributed by atoms with Gasteiger partial charge in [-0.15, -0.1) is 0 Å². The lowest BCUT2D eigenvalue weighted by Crippen LogP contribution is -2.69. The predicted octanol–water partition coefficient (Wildman–Crippen LogP) is 1.41. The van der Waals surface area contributed by atoms with Gasteiger partial charge in [0.05, 0.1) is 18.6 Å². The summed E-state index contributed by atoms with van der Waals surface area (Å²) in [6.45, 7) is 1.88. The Kier molecular flexibility index (Phi) is 3.19. The Balaban J connectivity index is 1.38. The van der Waals surface area contributed by atoms with Crippen LogP contribution in [0.15, 0.2) is 30.3 Å². The van der Waals surface area contributed by atoms with E-state index in [1.54, 1.807) is 0 Å². The zero-order valence-electron chi connectivity index (χ0n) is 11.0. The fourth-order valence-electron chi connectivity index (χ4n) is 2.69. The zero-order chi connectivity index (χ0) is 13.3. The first-order valence-electron chi connectivity index (χ1n) is 6.92. The quantitative estimate of drug-likeness (QED) is 0.870. The SMILES string of the molecule is NC1(C2CC2)CN(C(=O)CCOc2ccccc2)C1. The van der Waals surface area contributed by atoms with E-state index in [0.29, 0.717) is 18.9 Å². The number of benzene rings is 1. The van der Waals surface area contributed by atoms with Crippen LogP contribution in [0.2, 0.25) is 0 Å². The first-order chi connectivity index (χ1) is 9.17. The highest BCUT2D eigenvalue weighted by molar-refractivity contribution is 5.77. The summed E-state index contributed by atoms with van der Waals surface area (Å²) < 4.78 is 5.53. The largest absolute Gasteiger partial charge is 0.493 e. The molecule has 2 N–H and O–H groups in total. The highest BCUT2D eigenvalue weighted by Gasteiger charge is 2.51. The van der Waals surface area contributed by atoms with E-state index in [9.17, 15) is 4.79 Å². The van der Waals surface area contributed by atoms with Crippen molar-refractivity contribution >= 4 is 5.91 Å². The average molecular weight is 260 g/mol. The maximum Gasteiger partial charge on any atom is 0.226 e. The molecule has 4 heteroatoms. The minimum absolute atomic E-state index is 0.0874. The van der Waals surface area contributed by atoms with Crippen molar-refractivity contribution in [1.29, 1.82) is 0 Å². The van der Waals surface area contributed by atoms with Crippen LogP contribution in [-0.2, 0) is 4.79 Å². The normalized spacial score (nSPS) is 20.8. The van der Waals surface area contributed by atoms with E-state index in [4.69, 9.17) is 10.5 Å². The van der Waals surface area contributed by atoms with Gasteiger partial charge in [0, 0.05) is 13.1 Å². The Bertz CT molecular complexity index is 450. The molecule has 4 nitrogen and oxygen atoms in total. The lowest BCUT2D eigenvalue weighted by Gasteiger charge is -2.48. The number of hydrogen-bond donors (Lipinski definition) is 1. The number of likely N-dealkylation sites (tertiary alicyclic amines) is 1. The Morgan fingerprint density at radius 1 is 1.32 bits per heavy atom. The van der Waals surface area contributed by atoms with Crippen LogP contribution in [0.25, 0.3) is 0 Å². The van der Waals surface area contributed by atoms with Gasteiger partial charge in [-0.25, -0.2) is 0 Å². The van der Waals surface area contributed by atoms with Crippen LogP contribution < -0.4 is 10.5 Å². The van der Waals surface area contributed by atoms with Gasteiger partial charge in [0.25, 0.3) is 0 Å². The number of hydrogen-bond acceptors (Lipinski definition) is 3. The fraction of sp³-hybridized carbons (Fsp3) is 0.533. The molecule has 0 aromatic heterocycles. The van der Waals surface area contributed by atoms with Gasteiger partial charge in [-0.2, -0.15) is 0 Å². The van der Waals surface area contributed by atoms with Crippen molar-refractivity contribution in [3.05, 3.63) is 30.3 Å². The van der Waals surface area contributed by atoms with E-state index in [2.05, 4.69) is 0 Å². The zero-order valence-corrected chi connectivity index (χ0v) is 11.0. The molecule has 1 aromatic rings. The van der Waals surface area contributed by atoms with Gasteiger partial charge >= 0.3 is 0 Å². The Hall–Kier alpha value is -1.55. The van der Waals surface area contributed by atoms with Gasteiger partial charge in [0.15, 0.2) is 0 Å². The summed E-state index contributed by atoms with van der Waals surface area (Å²) in [5, 5.41) is 0. The molecule has 2 fully saturated rings. The molecule has 0 unspecified atom stereocenters. The first-order valence-corrected chi connectivity index (χ1v) is 6.92. The van der Waals surface area contributed by atoms with Crippen molar-refractivity contribution < 1.29 is 9.53 Å². The number of carbonyl (C=O) groups excluding carboxylic acids is 1. The predicted molar refractivity (Wildman–Crippen MR) is 72.8 cm³/mol. The molecule has 1 heterocycles. The summed E-state index contributed by atoms with van der Waals surface area (Å²) in [6.07, 6.45) is 2.89. The second kappa shape index (κ2) is 4.85. The maximum absolute atomic E-state index is 11.9. The highest BCUT2D eigenvalue weighted by Crippen LogP contribution is 2.42. The van der Waals surface area contributed by atoms with Gasteiger partial charge in [-0.1, -0.05) is 18.2 Å². The molecule has 2 aliphatic rings. The number of amides is 1. The van der Waals surface area contributed by atoms with Crippen molar-refractivity contribution in [3.8, 4) is 5.75 Å². The van der Waals surface area contributed by atoms with Crippen LogP contribution in [0, 0.1) is 5.92 Å². The molecule has 1 aliphatic carbocycles. The molecule has 1 saturated carbocycles. The maximum atomic E-state index is 11.9. The van der Waals surface area contributed by atoms with Gasteiger partial charge < -0.3 is 15.4 Å². The monoisotopic (exact) mass is 260 g/mol. The van der Waals surface area contributed by atoms with Gasteiger partial charge in [-0.3, -0.25) is 4.79 Å². The van der Waals surface area contributed by atoms with Crippen molar-refractivity contribution in [2.45, 2.75) is 24.8 Å². The molecule has 1 aromatic carbocycles. The van der Waals surface area contributed by atoms with Crippen LogP contribution in [0.5, 0.6) is 5.75 Å². The molecule has 102 valence electrons. The molecule has 1 amide bonds. The van der Waals surface area contributed by atoms with Crippen molar-refractivity contribution in [2.24, 2.45) is 11.7 Å². The van der Waals surface area contributed by atoms with E-state index in [0.717, 1.165) is 18.8 Å². The molecule has 0 spiro atoms. The number of nitrogens with zero attached hydrogens (tertiary/aromatic N) is 1. The Labute approximate surface area is 113 Å². The number of nitrogens with two attached hydrogens (primary N) is 1. The Morgan fingerprint density at radius 2 is 2.00 bits per heavy atom. The lowest BCUT2D eigenvalue weighted by molar-refractivity contribution is -0.139. The second-order valence-corrected chi connectivity index (χ2v) is 5.67. The van der Waals surface area contributed by atoms with E-state index in [1.165, 1.54) is 12.8 Å². The van der Waals surface area contributed by atoms with Crippen LogP contribution in [-0.4, -0.2) is 36.0 Å². The van der Waals surface area contributed by atoms with Crippen molar-refractivity contribution in [1.82, 2.24) is 4.90 Å². The van der Waals surface area contributed by atoms with Gasteiger partial charge in [0.1, 0.15) is 5.75 Å². The average Bonchev–Trinajstić information content (AvgIpc) is 3.20. The van der Waals surface area contributed by atoms with E-state index in [1.807, 2.05) is 35.2 Å². The number of ether oxygens (including phenoxy) is 1. The van der Waals surface area contributed by atoms with Crippen LogP contribution in [0.1, 0.15) is 19.3 Å². The number of carbonyl (C=O) groups is 1. The first kappa shape index (κ1) is 12.5. The fourth-order valence-corrected chi connectivity index (χ4v) is 2.69. The minimum atomic E-state index is -0.0874. The third kappa shape index (κ3) is 2.73. The summed E-state index contributed by atoms with van der Waals surface area (Å²) in [4.78, 5) is 13.8. The third-order valence-electron chi connectivity index (χ3n) is 4.04. The number of para-hydroxylation sites is 1. The molecular formula is C15H20N2O2. The Morgan fingerprint density at radius 3 is 2.63 bits per heavy atom. The molecule has 3 rings (SSSR count). The molecule has 0 radical (unpaired) electrons. The van der Waals surface area contributed by atoms with Crippen LogP contribution >= 0.6 is 0 Å². The smallest absolute Gasteiger partial charge is 0.226 e. The molecule has 1 aliphatic heterocycles. The highest BCUT2D eigenvalue weighted by atomic mass is 16.5. The minimum Gasteiger partial charge on any atom is -0.493 e. The summed E-state index contributed by atoms with van der Waals surface area (Å²) >= 11 is 0. The molecule has 0 bridgehead atoms. The van der Waals surface area contributed by atoms with Gasteiger partial charge in [0.2, 0.25) is 5.91 Å². The van der Waals surface area contributed by atoms with Gasteiger partial charge in [-0.05, 0) is 30.9 Å². The lowest BCUT2D eigenvalue weighted by atomic mass is 9.85. The third-order valence-corrected chi connectivity index (χ3v) is 4.04. The molecular weight excluding hydrogens is 240 g/mol. The van der Waals surface area contributed by atoms with E-state index >= 15 is 0 Å². The molecule has 1 saturated heterocycles. The van der Waals surface area contributed by atoms with Crippen molar-refractivity contribution in [3.63, 3.8) is 0 Å². The van der Waals surface area contributed by atoms with E-state index < -0.39 is 0 Å². The summed E-state index contributed by atoms with van der Waals surface area (Å²) in [5.74, 6) is 1.61. The summed E-state index contributed by atoms with van der Waals surface area (Å²) in [5.41, 5.74) is 6.14. The summed E-state index contributed by atoms with van der Waals surface area (Å²) in [7, 11) is 0. The summed E-state index contributed by atoms with van der Waals surface area (Å²) in [6, 6.07) is 9.57. The second-order valence-electron chi connectivity index (χ2n) is 5.67. The molecule has 0 atom stereocenters. The number of rotatable bonds is 5. The van der Waals surface area contributed by atoms with Crippen molar-refractivity contribution in [2.75, 3.05) is 19.7 Å². The van der Waals surface area contributed by atoms with Crippen LogP contribution in [0.4, 0.5) is 0 Å². The van der Waals surface area contributed by atoms with Crippen LogP contribution in [0.3, 0.4) is 0 Å².